The van der Waals surface area contributed by atoms with Crippen molar-refractivity contribution in [3.8, 4) is 11.1 Å². The summed E-state index contributed by atoms with van der Waals surface area (Å²) < 4.78 is 5.15. The molecular formula is C23H25N3O2. The highest BCUT2D eigenvalue weighted by Gasteiger charge is 2.21. The van der Waals surface area contributed by atoms with Gasteiger partial charge in [0.05, 0.1) is 5.69 Å². The average Bonchev–Trinajstić information content (AvgIpc) is 3.00. The topological polar surface area (TPSA) is 49.6 Å². The summed E-state index contributed by atoms with van der Waals surface area (Å²) in [5.74, 6) is 0.944. The molecule has 4 rings (SSSR count). The minimum atomic E-state index is 0.110. The summed E-state index contributed by atoms with van der Waals surface area (Å²) >= 11 is 0. The zero-order valence-corrected chi connectivity index (χ0v) is 16.2. The van der Waals surface area contributed by atoms with Gasteiger partial charge in [0.1, 0.15) is 5.76 Å². The Balaban J connectivity index is 1.38. The smallest absolute Gasteiger partial charge is 0.253 e. The van der Waals surface area contributed by atoms with Gasteiger partial charge in [-0.2, -0.15) is 0 Å². The highest BCUT2D eigenvalue weighted by molar-refractivity contribution is 5.94. The number of aromatic nitrogens is 1. The van der Waals surface area contributed by atoms with Crippen LogP contribution in [-0.2, 0) is 6.54 Å². The van der Waals surface area contributed by atoms with Gasteiger partial charge in [-0.15, -0.1) is 0 Å². The summed E-state index contributed by atoms with van der Waals surface area (Å²) in [6.07, 6.45) is 0.963. The van der Waals surface area contributed by atoms with Gasteiger partial charge in [0.15, 0.2) is 0 Å². The van der Waals surface area contributed by atoms with Crippen LogP contribution in [-0.4, -0.2) is 47.0 Å². The molecule has 0 atom stereocenters. The molecule has 144 valence electrons. The van der Waals surface area contributed by atoms with Gasteiger partial charge in [0.2, 0.25) is 0 Å². The number of hydrogen-bond acceptors (Lipinski definition) is 4. The third-order valence-electron chi connectivity index (χ3n) is 5.18. The van der Waals surface area contributed by atoms with Crippen molar-refractivity contribution in [1.29, 1.82) is 0 Å². The predicted molar refractivity (Wildman–Crippen MR) is 109 cm³/mol. The fourth-order valence-electron chi connectivity index (χ4n) is 3.67. The van der Waals surface area contributed by atoms with Gasteiger partial charge in [-0.25, -0.2) is 0 Å². The first-order chi connectivity index (χ1) is 13.7. The molecule has 0 aliphatic carbocycles. The Kier molecular flexibility index (Phi) is 5.53. The van der Waals surface area contributed by atoms with Crippen LogP contribution in [0.4, 0.5) is 0 Å². The van der Waals surface area contributed by atoms with Crippen LogP contribution in [0.15, 0.2) is 65.2 Å². The molecular weight excluding hydrogens is 350 g/mol. The van der Waals surface area contributed by atoms with Crippen LogP contribution in [0.1, 0.15) is 28.2 Å². The molecule has 28 heavy (non-hydrogen) atoms. The third-order valence-corrected chi connectivity index (χ3v) is 5.18. The van der Waals surface area contributed by atoms with E-state index in [1.165, 1.54) is 0 Å². The molecule has 1 aliphatic heterocycles. The zero-order valence-electron chi connectivity index (χ0n) is 16.2. The summed E-state index contributed by atoms with van der Waals surface area (Å²) in [6, 6.07) is 20.1. The van der Waals surface area contributed by atoms with Crippen molar-refractivity contribution in [2.24, 2.45) is 0 Å². The van der Waals surface area contributed by atoms with Crippen LogP contribution in [0.3, 0.4) is 0 Å². The van der Waals surface area contributed by atoms with E-state index in [9.17, 15) is 4.79 Å². The van der Waals surface area contributed by atoms with Crippen molar-refractivity contribution in [2.75, 3.05) is 26.2 Å². The minimum Gasteiger partial charge on any atom is -0.361 e. The molecule has 5 nitrogen and oxygen atoms in total. The lowest BCUT2D eigenvalue weighted by Crippen LogP contribution is -2.35. The lowest BCUT2D eigenvalue weighted by molar-refractivity contribution is 0.0761. The maximum absolute atomic E-state index is 12.9. The largest absolute Gasteiger partial charge is 0.361 e. The molecule has 2 heterocycles. The van der Waals surface area contributed by atoms with E-state index in [0.29, 0.717) is 0 Å². The van der Waals surface area contributed by atoms with E-state index in [1.54, 1.807) is 0 Å². The Morgan fingerprint density at radius 3 is 2.43 bits per heavy atom. The van der Waals surface area contributed by atoms with Crippen molar-refractivity contribution in [3.05, 3.63) is 77.7 Å². The summed E-state index contributed by atoms with van der Waals surface area (Å²) in [5, 5.41) is 4.08. The Morgan fingerprint density at radius 1 is 0.964 bits per heavy atom. The first kappa shape index (κ1) is 18.4. The number of nitrogens with zero attached hydrogens (tertiary/aromatic N) is 3. The summed E-state index contributed by atoms with van der Waals surface area (Å²) in [5.41, 5.74) is 3.99. The molecule has 5 heteroatoms. The van der Waals surface area contributed by atoms with E-state index in [1.807, 2.05) is 60.4 Å². The third kappa shape index (κ3) is 4.31. The first-order valence-electron chi connectivity index (χ1n) is 9.78. The van der Waals surface area contributed by atoms with Crippen molar-refractivity contribution >= 4 is 5.91 Å². The Bertz CT molecular complexity index is 919. The molecule has 1 aromatic heterocycles. The molecule has 0 N–H and O–H groups in total. The quantitative estimate of drug-likeness (QED) is 0.692. The standard InChI is InChI=1S/C23H25N3O2/c1-18-16-22(24-28-18)17-25-12-5-13-26(15-14-25)23(27)21-10-8-20(9-11-21)19-6-3-2-4-7-19/h2-4,6-11,16H,5,12-15,17H2,1H3. The fourth-order valence-corrected chi connectivity index (χ4v) is 3.67. The molecule has 0 saturated carbocycles. The summed E-state index contributed by atoms with van der Waals surface area (Å²) in [7, 11) is 0. The second-order valence-corrected chi connectivity index (χ2v) is 7.29. The van der Waals surface area contributed by atoms with Gasteiger partial charge in [-0.05, 0) is 36.6 Å². The number of carbonyl (C=O) groups is 1. The van der Waals surface area contributed by atoms with Gasteiger partial charge < -0.3 is 9.42 Å². The zero-order chi connectivity index (χ0) is 19.3. The summed E-state index contributed by atoms with van der Waals surface area (Å²) in [6.45, 7) is 6.00. The summed E-state index contributed by atoms with van der Waals surface area (Å²) in [4.78, 5) is 17.2. The monoisotopic (exact) mass is 375 g/mol. The van der Waals surface area contributed by atoms with Crippen LogP contribution in [0, 0.1) is 6.92 Å². The Hall–Kier alpha value is -2.92. The second-order valence-electron chi connectivity index (χ2n) is 7.29. The predicted octanol–water partition coefficient (Wildman–Crippen LogP) is 4.00. The highest BCUT2D eigenvalue weighted by Crippen LogP contribution is 2.20. The van der Waals surface area contributed by atoms with Gasteiger partial charge in [0, 0.05) is 44.4 Å². The van der Waals surface area contributed by atoms with E-state index in [2.05, 4.69) is 22.2 Å². The van der Waals surface area contributed by atoms with E-state index in [0.717, 1.165) is 67.3 Å². The first-order valence-corrected chi connectivity index (χ1v) is 9.78. The molecule has 1 amide bonds. The molecule has 3 aromatic rings. The number of benzene rings is 2. The maximum Gasteiger partial charge on any atom is 0.253 e. The van der Waals surface area contributed by atoms with Crippen molar-refractivity contribution in [2.45, 2.75) is 19.9 Å². The molecule has 1 aliphatic rings. The fraction of sp³-hybridized carbons (Fsp3) is 0.304. The number of rotatable bonds is 4. The van der Waals surface area contributed by atoms with Crippen LogP contribution in [0.2, 0.25) is 0 Å². The number of carbonyl (C=O) groups excluding carboxylic acids is 1. The average molecular weight is 375 g/mol. The van der Waals surface area contributed by atoms with Crippen LogP contribution in [0.5, 0.6) is 0 Å². The van der Waals surface area contributed by atoms with Gasteiger partial charge >= 0.3 is 0 Å². The van der Waals surface area contributed by atoms with Crippen LogP contribution in [0.25, 0.3) is 11.1 Å². The lowest BCUT2D eigenvalue weighted by atomic mass is 10.0. The molecule has 1 fully saturated rings. The maximum atomic E-state index is 12.9. The van der Waals surface area contributed by atoms with Gasteiger partial charge in [-0.1, -0.05) is 47.6 Å². The highest BCUT2D eigenvalue weighted by atomic mass is 16.5. The molecule has 0 spiro atoms. The van der Waals surface area contributed by atoms with Crippen molar-refractivity contribution < 1.29 is 9.32 Å². The van der Waals surface area contributed by atoms with E-state index in [-0.39, 0.29) is 5.91 Å². The van der Waals surface area contributed by atoms with E-state index >= 15 is 0 Å². The molecule has 0 radical (unpaired) electrons. The SMILES string of the molecule is Cc1cc(CN2CCCN(C(=O)c3ccc(-c4ccccc4)cc3)CC2)no1. The Labute approximate surface area is 165 Å². The van der Waals surface area contributed by atoms with E-state index < -0.39 is 0 Å². The van der Waals surface area contributed by atoms with Gasteiger partial charge in [-0.3, -0.25) is 9.69 Å². The van der Waals surface area contributed by atoms with Crippen LogP contribution >= 0.6 is 0 Å². The normalized spacial score (nSPS) is 15.4. The molecule has 1 saturated heterocycles. The second kappa shape index (κ2) is 8.40. The van der Waals surface area contributed by atoms with E-state index in [4.69, 9.17) is 4.52 Å². The van der Waals surface area contributed by atoms with Crippen LogP contribution < -0.4 is 0 Å². The Morgan fingerprint density at radius 2 is 1.71 bits per heavy atom. The molecule has 0 bridgehead atoms. The number of amides is 1. The number of aryl methyl sites for hydroxylation is 1. The van der Waals surface area contributed by atoms with Crippen molar-refractivity contribution in [3.63, 3.8) is 0 Å². The van der Waals surface area contributed by atoms with Gasteiger partial charge in [0.25, 0.3) is 5.91 Å². The molecule has 2 aromatic carbocycles. The molecule has 0 unspecified atom stereocenters. The lowest BCUT2D eigenvalue weighted by Gasteiger charge is -2.21. The van der Waals surface area contributed by atoms with Crippen molar-refractivity contribution in [1.82, 2.24) is 15.0 Å². The minimum absolute atomic E-state index is 0.110. The number of hydrogen-bond donors (Lipinski definition) is 0.